The Bertz CT molecular complexity index is 469. The van der Waals surface area contributed by atoms with E-state index in [1.54, 1.807) is 0 Å². The van der Waals surface area contributed by atoms with Gasteiger partial charge in [0.2, 0.25) is 0 Å². The third-order valence-corrected chi connectivity index (χ3v) is 3.39. The molecule has 0 saturated heterocycles. The van der Waals surface area contributed by atoms with Gasteiger partial charge in [0.05, 0.1) is 11.9 Å². The highest BCUT2D eigenvalue weighted by Crippen LogP contribution is 2.01. The first-order valence-electron chi connectivity index (χ1n) is 7.93. The molecule has 0 bridgehead atoms. The average Bonchev–Trinajstić information content (AvgIpc) is 3.12. The molecule has 0 fully saturated rings. The van der Waals surface area contributed by atoms with Crippen LogP contribution in [0.5, 0.6) is 0 Å². The van der Waals surface area contributed by atoms with Crippen molar-refractivity contribution in [3.05, 3.63) is 29.8 Å². The van der Waals surface area contributed by atoms with Gasteiger partial charge in [0, 0.05) is 44.1 Å². The fraction of sp³-hybridized carbons (Fsp3) is 0.667. The van der Waals surface area contributed by atoms with Crippen LogP contribution in [0.3, 0.4) is 0 Å². The van der Waals surface area contributed by atoms with Crippen molar-refractivity contribution in [1.29, 1.82) is 0 Å². The smallest absolute Gasteiger partial charge is 0.0964 e. The Morgan fingerprint density at radius 3 is 2.52 bits per heavy atom. The van der Waals surface area contributed by atoms with E-state index < -0.39 is 0 Å². The Balaban J connectivity index is 1.71. The van der Waals surface area contributed by atoms with Crippen molar-refractivity contribution in [3.63, 3.8) is 0 Å². The van der Waals surface area contributed by atoms with Gasteiger partial charge in [-0.3, -0.25) is 9.36 Å². The number of hydrogen-bond acceptors (Lipinski definition) is 4. The van der Waals surface area contributed by atoms with Crippen LogP contribution in [-0.4, -0.2) is 24.8 Å². The van der Waals surface area contributed by atoms with Crippen molar-refractivity contribution in [3.8, 4) is 0 Å². The minimum absolute atomic E-state index is 0.742. The van der Waals surface area contributed by atoms with Gasteiger partial charge in [-0.25, -0.2) is 0 Å². The summed E-state index contributed by atoms with van der Waals surface area (Å²) in [5.41, 5.74) is 2.20. The second-order valence-corrected chi connectivity index (χ2v) is 5.40. The predicted octanol–water partition coefficient (Wildman–Crippen LogP) is 2.36. The zero-order valence-electron chi connectivity index (χ0n) is 13.1. The van der Waals surface area contributed by atoms with Crippen molar-refractivity contribution in [2.75, 3.05) is 0 Å². The van der Waals surface area contributed by atoms with Crippen LogP contribution in [0.15, 0.2) is 18.6 Å². The van der Waals surface area contributed by atoms with Gasteiger partial charge in [-0.1, -0.05) is 31.9 Å². The van der Waals surface area contributed by atoms with E-state index >= 15 is 0 Å². The maximum Gasteiger partial charge on any atom is 0.0964 e. The lowest BCUT2D eigenvalue weighted by atomic mass is 10.3. The fourth-order valence-electron chi connectivity index (χ4n) is 2.12. The maximum absolute atomic E-state index is 4.36. The molecule has 6 nitrogen and oxygen atoms in total. The molecule has 0 aliphatic rings. The highest BCUT2D eigenvalue weighted by Gasteiger charge is 2.02. The normalized spacial score (nSPS) is 11.1. The molecule has 0 spiro atoms. The van der Waals surface area contributed by atoms with E-state index in [4.69, 9.17) is 0 Å². The van der Waals surface area contributed by atoms with E-state index in [9.17, 15) is 0 Å². The minimum Gasteiger partial charge on any atom is -0.307 e. The predicted molar refractivity (Wildman–Crippen MR) is 82.6 cm³/mol. The van der Waals surface area contributed by atoms with Crippen LogP contribution in [0.4, 0.5) is 0 Å². The molecule has 0 unspecified atom stereocenters. The molecule has 21 heavy (non-hydrogen) atoms. The molecule has 0 radical (unpaired) electrons. The Kier molecular flexibility index (Phi) is 6.40. The molecule has 2 aromatic heterocycles. The van der Waals surface area contributed by atoms with E-state index in [2.05, 4.69) is 40.8 Å². The van der Waals surface area contributed by atoms with Crippen molar-refractivity contribution in [2.24, 2.45) is 0 Å². The molecule has 0 amide bonds. The van der Waals surface area contributed by atoms with Gasteiger partial charge < -0.3 is 5.32 Å². The third-order valence-electron chi connectivity index (χ3n) is 3.39. The molecular weight excluding hydrogens is 264 g/mol. The molecule has 116 valence electrons. The fourth-order valence-corrected chi connectivity index (χ4v) is 2.12. The molecule has 6 heteroatoms. The van der Waals surface area contributed by atoms with Crippen molar-refractivity contribution < 1.29 is 0 Å². The molecular formula is C15H26N6. The SMILES string of the molecule is CCCCn1cc(CNCc2cn(CCCC)nn2)cn1. The van der Waals surface area contributed by atoms with Gasteiger partial charge in [-0.2, -0.15) is 5.10 Å². The number of rotatable bonds is 10. The molecule has 2 heterocycles. The lowest BCUT2D eigenvalue weighted by molar-refractivity contribution is 0.553. The van der Waals surface area contributed by atoms with E-state index in [0.29, 0.717) is 0 Å². The highest BCUT2D eigenvalue weighted by atomic mass is 15.4. The summed E-state index contributed by atoms with van der Waals surface area (Å²) in [6, 6.07) is 0. The second-order valence-electron chi connectivity index (χ2n) is 5.40. The van der Waals surface area contributed by atoms with E-state index in [0.717, 1.165) is 38.3 Å². The average molecular weight is 290 g/mol. The number of nitrogens with one attached hydrogen (secondary N) is 1. The summed E-state index contributed by atoms with van der Waals surface area (Å²) >= 11 is 0. The quantitative estimate of drug-likeness (QED) is 0.730. The lowest BCUT2D eigenvalue weighted by Gasteiger charge is -2.00. The largest absolute Gasteiger partial charge is 0.307 e. The molecule has 2 rings (SSSR count). The van der Waals surface area contributed by atoms with Gasteiger partial charge in [0.1, 0.15) is 0 Å². The van der Waals surface area contributed by atoms with Gasteiger partial charge in [-0.15, -0.1) is 5.10 Å². The third kappa shape index (κ3) is 5.30. The topological polar surface area (TPSA) is 60.6 Å². The number of aromatic nitrogens is 5. The number of nitrogens with zero attached hydrogens (tertiary/aromatic N) is 5. The van der Waals surface area contributed by atoms with E-state index in [1.807, 2.05) is 21.8 Å². The van der Waals surface area contributed by atoms with Crippen molar-refractivity contribution in [2.45, 2.75) is 65.7 Å². The standard InChI is InChI=1S/C15H26N6/c1-3-5-7-20-12-14(10-17-20)9-16-11-15-13-21(19-18-15)8-6-4-2/h10,12-13,16H,3-9,11H2,1-2H3. The molecule has 1 N–H and O–H groups in total. The lowest BCUT2D eigenvalue weighted by Crippen LogP contribution is -2.12. The molecule has 0 atom stereocenters. The molecule has 2 aromatic rings. The van der Waals surface area contributed by atoms with Gasteiger partial charge in [0.15, 0.2) is 0 Å². The number of hydrogen-bond donors (Lipinski definition) is 1. The Labute approximate surface area is 126 Å². The zero-order chi connectivity index (χ0) is 14.9. The zero-order valence-corrected chi connectivity index (χ0v) is 13.1. The van der Waals surface area contributed by atoms with Crippen LogP contribution in [-0.2, 0) is 26.2 Å². The Morgan fingerprint density at radius 1 is 1.00 bits per heavy atom. The van der Waals surface area contributed by atoms with Gasteiger partial charge >= 0.3 is 0 Å². The Morgan fingerprint density at radius 2 is 1.76 bits per heavy atom. The summed E-state index contributed by atoms with van der Waals surface area (Å²) < 4.78 is 3.94. The van der Waals surface area contributed by atoms with Gasteiger partial charge in [0.25, 0.3) is 0 Å². The van der Waals surface area contributed by atoms with Crippen LogP contribution < -0.4 is 5.32 Å². The highest BCUT2D eigenvalue weighted by molar-refractivity contribution is 5.03. The summed E-state index contributed by atoms with van der Waals surface area (Å²) in [5.74, 6) is 0. The van der Waals surface area contributed by atoms with Crippen LogP contribution >= 0.6 is 0 Å². The van der Waals surface area contributed by atoms with E-state index in [1.165, 1.54) is 24.8 Å². The summed E-state index contributed by atoms with van der Waals surface area (Å²) in [6.07, 6.45) is 10.8. The molecule has 0 aliphatic heterocycles. The molecule has 0 aliphatic carbocycles. The molecule has 0 aromatic carbocycles. The van der Waals surface area contributed by atoms with Crippen LogP contribution in [0.25, 0.3) is 0 Å². The van der Waals surface area contributed by atoms with Gasteiger partial charge in [-0.05, 0) is 12.8 Å². The monoisotopic (exact) mass is 290 g/mol. The van der Waals surface area contributed by atoms with Crippen LogP contribution in [0.2, 0.25) is 0 Å². The summed E-state index contributed by atoms with van der Waals surface area (Å²) in [5, 5.41) is 16.1. The summed E-state index contributed by atoms with van der Waals surface area (Å²) in [4.78, 5) is 0. The van der Waals surface area contributed by atoms with Crippen LogP contribution in [0.1, 0.15) is 50.8 Å². The summed E-state index contributed by atoms with van der Waals surface area (Å²) in [7, 11) is 0. The van der Waals surface area contributed by atoms with Crippen molar-refractivity contribution in [1.82, 2.24) is 30.1 Å². The maximum atomic E-state index is 4.36. The van der Waals surface area contributed by atoms with E-state index in [-0.39, 0.29) is 0 Å². The van der Waals surface area contributed by atoms with Crippen LogP contribution in [0, 0.1) is 0 Å². The summed E-state index contributed by atoms with van der Waals surface area (Å²) in [6.45, 7) is 7.88. The van der Waals surface area contributed by atoms with Crippen molar-refractivity contribution >= 4 is 0 Å². The first-order chi connectivity index (χ1) is 10.3. The Hall–Kier alpha value is -1.69. The minimum atomic E-state index is 0.742. The first kappa shape index (κ1) is 15.7. The first-order valence-corrected chi connectivity index (χ1v) is 7.93. The molecule has 0 saturated carbocycles. The number of unbranched alkanes of at least 4 members (excludes halogenated alkanes) is 2. The number of aryl methyl sites for hydroxylation is 2. The second kappa shape index (κ2) is 8.56.